The van der Waals surface area contributed by atoms with Crippen molar-refractivity contribution in [3.63, 3.8) is 0 Å². The van der Waals surface area contributed by atoms with Gasteiger partial charge in [-0.05, 0) is 31.0 Å². The zero-order valence-electron chi connectivity index (χ0n) is 8.42. The van der Waals surface area contributed by atoms with E-state index in [1.165, 1.54) is 23.1 Å². The van der Waals surface area contributed by atoms with Gasteiger partial charge >= 0.3 is 0 Å². The lowest BCUT2D eigenvalue weighted by Crippen LogP contribution is -2.23. The van der Waals surface area contributed by atoms with Gasteiger partial charge in [0.25, 0.3) is 0 Å². The Bertz CT molecular complexity index is 316. The van der Waals surface area contributed by atoms with Gasteiger partial charge in [0, 0.05) is 6.54 Å². The minimum absolute atomic E-state index is 0. The molecule has 1 aromatic carbocycles. The Kier molecular flexibility index (Phi) is 4.18. The summed E-state index contributed by atoms with van der Waals surface area (Å²) in [6.45, 7) is 4.39. The van der Waals surface area contributed by atoms with Crippen LogP contribution in [0.25, 0.3) is 5.57 Å². The maximum atomic E-state index is 3.41. The van der Waals surface area contributed by atoms with Crippen LogP contribution in [-0.4, -0.2) is 13.1 Å². The van der Waals surface area contributed by atoms with Gasteiger partial charge in [0.15, 0.2) is 0 Å². The number of hydrogen-bond donors (Lipinski definition) is 1. The lowest BCUT2D eigenvalue weighted by Gasteiger charge is -2.19. The van der Waals surface area contributed by atoms with E-state index in [-0.39, 0.29) is 12.4 Å². The summed E-state index contributed by atoms with van der Waals surface area (Å²) in [7, 11) is 0. The van der Waals surface area contributed by atoms with E-state index in [4.69, 9.17) is 0 Å². The molecule has 0 amide bonds. The molecule has 0 aliphatic carbocycles. The Morgan fingerprint density at radius 3 is 2.50 bits per heavy atom. The molecule has 76 valence electrons. The Morgan fingerprint density at radius 1 is 1.14 bits per heavy atom. The van der Waals surface area contributed by atoms with Crippen LogP contribution in [0.4, 0.5) is 0 Å². The standard InChI is InChI=1S/C12H15N.ClH/c1-10-7-8-13-9-12(10)11-5-3-2-4-6-11;/h2-6,13H,7-9H2,1H3;1H. The second kappa shape index (κ2) is 5.18. The van der Waals surface area contributed by atoms with Crippen molar-refractivity contribution in [3.8, 4) is 0 Å². The fourth-order valence-electron chi connectivity index (χ4n) is 1.78. The molecule has 0 radical (unpaired) electrons. The van der Waals surface area contributed by atoms with Gasteiger partial charge in [-0.2, -0.15) is 0 Å². The van der Waals surface area contributed by atoms with E-state index < -0.39 is 0 Å². The van der Waals surface area contributed by atoms with Crippen LogP contribution in [0.3, 0.4) is 0 Å². The van der Waals surface area contributed by atoms with Crippen LogP contribution < -0.4 is 5.32 Å². The molecule has 0 aromatic heterocycles. The summed E-state index contributed by atoms with van der Waals surface area (Å²) in [6.07, 6.45) is 1.18. The molecular weight excluding hydrogens is 194 g/mol. The van der Waals surface area contributed by atoms with Crippen LogP contribution in [-0.2, 0) is 0 Å². The van der Waals surface area contributed by atoms with Crippen molar-refractivity contribution in [1.82, 2.24) is 5.32 Å². The Labute approximate surface area is 91.6 Å². The Hall–Kier alpha value is -0.790. The smallest absolute Gasteiger partial charge is 0.0211 e. The van der Waals surface area contributed by atoms with Crippen LogP contribution in [0, 0.1) is 0 Å². The monoisotopic (exact) mass is 209 g/mol. The lowest BCUT2D eigenvalue weighted by molar-refractivity contribution is 0.715. The van der Waals surface area contributed by atoms with Gasteiger partial charge in [0.05, 0.1) is 0 Å². The van der Waals surface area contributed by atoms with Crippen molar-refractivity contribution >= 4 is 18.0 Å². The summed E-state index contributed by atoms with van der Waals surface area (Å²) in [5.74, 6) is 0. The Morgan fingerprint density at radius 2 is 1.86 bits per heavy atom. The quantitative estimate of drug-likeness (QED) is 0.750. The number of rotatable bonds is 1. The fourth-order valence-corrected chi connectivity index (χ4v) is 1.78. The van der Waals surface area contributed by atoms with Crippen molar-refractivity contribution < 1.29 is 0 Å². The SMILES string of the molecule is CC1=C(c2ccccc2)CNCC1.Cl. The largest absolute Gasteiger partial charge is 0.312 e. The van der Waals surface area contributed by atoms with E-state index >= 15 is 0 Å². The van der Waals surface area contributed by atoms with E-state index in [9.17, 15) is 0 Å². The second-order valence-electron chi connectivity index (χ2n) is 3.55. The van der Waals surface area contributed by atoms with Gasteiger partial charge in [-0.1, -0.05) is 35.9 Å². The predicted octanol–water partition coefficient (Wildman–Crippen LogP) is 2.88. The van der Waals surface area contributed by atoms with E-state index in [1.807, 2.05) is 0 Å². The van der Waals surface area contributed by atoms with Crippen LogP contribution in [0.15, 0.2) is 35.9 Å². The Balaban J connectivity index is 0.000000980. The molecule has 1 nitrogen and oxygen atoms in total. The summed E-state index contributed by atoms with van der Waals surface area (Å²) < 4.78 is 0. The van der Waals surface area contributed by atoms with E-state index in [1.54, 1.807) is 0 Å². The maximum absolute atomic E-state index is 3.41. The molecule has 14 heavy (non-hydrogen) atoms. The van der Waals surface area contributed by atoms with Crippen molar-refractivity contribution in [2.45, 2.75) is 13.3 Å². The molecule has 1 aliphatic rings. The molecule has 0 saturated heterocycles. The normalized spacial score (nSPS) is 16.4. The third-order valence-electron chi connectivity index (χ3n) is 2.62. The highest BCUT2D eigenvalue weighted by Gasteiger charge is 2.09. The first kappa shape index (κ1) is 11.3. The molecule has 0 spiro atoms. The zero-order chi connectivity index (χ0) is 9.10. The number of halogens is 1. The van der Waals surface area contributed by atoms with Crippen LogP contribution in [0.1, 0.15) is 18.9 Å². The summed E-state index contributed by atoms with van der Waals surface area (Å²) in [5, 5.41) is 3.41. The molecule has 0 bridgehead atoms. The number of nitrogens with one attached hydrogen (secondary N) is 1. The fraction of sp³-hybridized carbons (Fsp3) is 0.333. The van der Waals surface area contributed by atoms with E-state index in [0.29, 0.717) is 0 Å². The third-order valence-corrected chi connectivity index (χ3v) is 2.62. The third kappa shape index (κ3) is 2.37. The minimum atomic E-state index is 0. The second-order valence-corrected chi connectivity index (χ2v) is 3.55. The molecule has 0 fully saturated rings. The van der Waals surface area contributed by atoms with Crippen LogP contribution >= 0.6 is 12.4 Å². The molecule has 2 rings (SSSR count). The molecule has 0 unspecified atom stereocenters. The van der Waals surface area contributed by atoms with Crippen molar-refractivity contribution in [3.05, 3.63) is 41.5 Å². The molecule has 1 aliphatic heterocycles. The molecule has 1 heterocycles. The first-order chi connectivity index (χ1) is 6.38. The van der Waals surface area contributed by atoms with Crippen LogP contribution in [0.2, 0.25) is 0 Å². The maximum Gasteiger partial charge on any atom is 0.0211 e. The highest BCUT2D eigenvalue weighted by molar-refractivity contribution is 5.85. The summed E-state index contributed by atoms with van der Waals surface area (Å²) in [4.78, 5) is 0. The molecular formula is C12H16ClN. The van der Waals surface area contributed by atoms with Gasteiger partial charge in [-0.3, -0.25) is 0 Å². The zero-order valence-corrected chi connectivity index (χ0v) is 9.23. The van der Waals surface area contributed by atoms with Gasteiger partial charge in [0.2, 0.25) is 0 Å². The predicted molar refractivity (Wildman–Crippen MR) is 63.8 cm³/mol. The highest BCUT2D eigenvalue weighted by Crippen LogP contribution is 2.21. The number of hydrogen-bond acceptors (Lipinski definition) is 1. The summed E-state index contributed by atoms with van der Waals surface area (Å²) in [5.41, 5.74) is 4.38. The first-order valence-electron chi connectivity index (χ1n) is 4.82. The average molecular weight is 210 g/mol. The van der Waals surface area contributed by atoms with Gasteiger partial charge in [-0.15, -0.1) is 12.4 Å². The lowest BCUT2D eigenvalue weighted by atomic mass is 9.96. The topological polar surface area (TPSA) is 12.0 Å². The van der Waals surface area contributed by atoms with Crippen molar-refractivity contribution in [2.24, 2.45) is 0 Å². The molecule has 2 heteroatoms. The first-order valence-corrected chi connectivity index (χ1v) is 4.82. The number of benzene rings is 1. The highest BCUT2D eigenvalue weighted by atomic mass is 35.5. The van der Waals surface area contributed by atoms with Gasteiger partial charge in [0.1, 0.15) is 0 Å². The summed E-state index contributed by atoms with van der Waals surface area (Å²) in [6, 6.07) is 10.6. The molecule has 1 aromatic rings. The van der Waals surface area contributed by atoms with E-state index in [0.717, 1.165) is 13.1 Å². The van der Waals surface area contributed by atoms with E-state index in [2.05, 4.69) is 42.6 Å². The molecule has 0 saturated carbocycles. The van der Waals surface area contributed by atoms with Crippen molar-refractivity contribution in [1.29, 1.82) is 0 Å². The minimum Gasteiger partial charge on any atom is -0.312 e. The molecule has 1 N–H and O–H groups in total. The van der Waals surface area contributed by atoms with Gasteiger partial charge in [-0.25, -0.2) is 0 Å². The average Bonchev–Trinajstić information content (AvgIpc) is 2.20. The van der Waals surface area contributed by atoms with Gasteiger partial charge < -0.3 is 5.32 Å². The van der Waals surface area contributed by atoms with Crippen LogP contribution in [0.5, 0.6) is 0 Å². The summed E-state index contributed by atoms with van der Waals surface area (Å²) >= 11 is 0. The van der Waals surface area contributed by atoms with Crippen molar-refractivity contribution in [2.75, 3.05) is 13.1 Å². The molecule has 0 atom stereocenters.